The maximum Gasteiger partial charge on any atom is 0.273 e. The molecule has 0 amide bonds. The van der Waals surface area contributed by atoms with Crippen LogP contribution in [0.1, 0.15) is 19.8 Å². The van der Waals surface area contributed by atoms with Crippen molar-refractivity contribution in [2.45, 2.75) is 19.8 Å². The first kappa shape index (κ1) is 8.32. The molecule has 0 saturated carbocycles. The molecule has 62 valence electrons. The molecule has 0 atom stereocenters. The molecular formula is C5H11N5S. The van der Waals surface area contributed by atoms with E-state index in [4.69, 9.17) is 0 Å². The Balaban J connectivity index is 2.04. The second-order valence-corrected chi connectivity index (χ2v) is 2.94. The summed E-state index contributed by atoms with van der Waals surface area (Å²) in [7, 11) is 0. The molecule has 0 saturated heterocycles. The topological polar surface area (TPSA) is 66.5 Å². The van der Waals surface area contributed by atoms with Gasteiger partial charge in [-0.1, -0.05) is 30.4 Å². The Kier molecular flexibility index (Phi) is 3.74. The average molecular weight is 173 g/mol. The second-order valence-electron chi connectivity index (χ2n) is 2.04. The lowest BCUT2D eigenvalue weighted by atomic mass is 10.4. The molecule has 0 aromatic carbocycles. The minimum atomic E-state index is 0.547. The molecule has 0 aliphatic carbocycles. The molecule has 1 aromatic rings. The lowest BCUT2D eigenvalue weighted by Crippen LogP contribution is -1.91. The van der Waals surface area contributed by atoms with Crippen LogP contribution in [0.3, 0.4) is 0 Å². The van der Waals surface area contributed by atoms with E-state index in [0.29, 0.717) is 5.95 Å². The number of H-pyrrole nitrogens is 1. The second kappa shape index (κ2) is 4.95. The molecule has 0 bridgehead atoms. The molecule has 1 heterocycles. The zero-order valence-corrected chi connectivity index (χ0v) is 7.19. The van der Waals surface area contributed by atoms with E-state index in [1.54, 1.807) is 11.9 Å². The van der Waals surface area contributed by atoms with Crippen molar-refractivity contribution in [3.8, 4) is 0 Å². The maximum absolute atomic E-state index is 3.73. The highest BCUT2D eigenvalue weighted by molar-refractivity contribution is 8.00. The lowest BCUT2D eigenvalue weighted by molar-refractivity contribution is 0.881. The molecule has 11 heavy (non-hydrogen) atoms. The van der Waals surface area contributed by atoms with Gasteiger partial charge in [0.05, 0.1) is 0 Å². The summed E-state index contributed by atoms with van der Waals surface area (Å²) in [5.41, 5.74) is 0. The third kappa shape index (κ3) is 3.22. The van der Waals surface area contributed by atoms with Crippen LogP contribution in [-0.4, -0.2) is 26.4 Å². The highest BCUT2D eigenvalue weighted by Gasteiger charge is 1.93. The summed E-state index contributed by atoms with van der Waals surface area (Å²) in [6, 6.07) is 0. The van der Waals surface area contributed by atoms with Crippen LogP contribution in [-0.2, 0) is 0 Å². The predicted molar refractivity (Wildman–Crippen MR) is 45.2 cm³/mol. The number of tetrazole rings is 1. The van der Waals surface area contributed by atoms with Gasteiger partial charge in [0.1, 0.15) is 0 Å². The van der Waals surface area contributed by atoms with Crippen LogP contribution in [0.25, 0.3) is 0 Å². The summed E-state index contributed by atoms with van der Waals surface area (Å²) >= 11 is 1.60. The van der Waals surface area contributed by atoms with Crippen LogP contribution in [0.2, 0.25) is 0 Å². The van der Waals surface area contributed by atoms with E-state index in [9.17, 15) is 0 Å². The standard InChI is InChI=1S/C5H11N5S/c1-2-3-4-11-8-5-6-9-10-7-5/h2-4H2,1H3,(H2,6,7,8,9,10). The highest BCUT2D eigenvalue weighted by Crippen LogP contribution is 2.05. The molecule has 6 heteroatoms. The van der Waals surface area contributed by atoms with E-state index in [0.717, 1.165) is 5.75 Å². The van der Waals surface area contributed by atoms with Crippen molar-refractivity contribution in [1.29, 1.82) is 0 Å². The molecule has 5 nitrogen and oxygen atoms in total. The molecular weight excluding hydrogens is 162 g/mol. The smallest absolute Gasteiger partial charge is 0.273 e. The molecule has 0 radical (unpaired) electrons. The number of hydrogen-bond acceptors (Lipinski definition) is 5. The van der Waals surface area contributed by atoms with E-state index in [1.807, 2.05) is 0 Å². The van der Waals surface area contributed by atoms with E-state index in [-0.39, 0.29) is 0 Å². The largest absolute Gasteiger partial charge is 0.296 e. The van der Waals surface area contributed by atoms with E-state index < -0.39 is 0 Å². The predicted octanol–water partition coefficient (Wildman–Crippen LogP) is 1.06. The average Bonchev–Trinajstić information content (AvgIpc) is 2.50. The van der Waals surface area contributed by atoms with Gasteiger partial charge in [-0.2, -0.15) is 5.21 Å². The molecule has 0 aliphatic rings. The number of rotatable bonds is 5. The van der Waals surface area contributed by atoms with E-state index in [2.05, 4.69) is 32.3 Å². The monoisotopic (exact) mass is 173 g/mol. The summed E-state index contributed by atoms with van der Waals surface area (Å²) in [4.78, 5) is 0. The van der Waals surface area contributed by atoms with Crippen molar-refractivity contribution >= 4 is 17.9 Å². The summed E-state index contributed by atoms with van der Waals surface area (Å²) in [5.74, 6) is 1.62. The van der Waals surface area contributed by atoms with Gasteiger partial charge in [0, 0.05) is 5.75 Å². The maximum atomic E-state index is 3.73. The van der Waals surface area contributed by atoms with Crippen molar-refractivity contribution in [1.82, 2.24) is 20.6 Å². The number of nitrogens with one attached hydrogen (secondary N) is 2. The fraction of sp³-hybridized carbons (Fsp3) is 0.800. The first-order valence-electron chi connectivity index (χ1n) is 3.54. The molecule has 0 fully saturated rings. The molecule has 0 spiro atoms. The number of aromatic nitrogens is 4. The van der Waals surface area contributed by atoms with Crippen molar-refractivity contribution in [2.24, 2.45) is 0 Å². The van der Waals surface area contributed by atoms with Crippen LogP contribution >= 0.6 is 11.9 Å². The van der Waals surface area contributed by atoms with Crippen molar-refractivity contribution in [3.05, 3.63) is 0 Å². The first-order valence-corrected chi connectivity index (χ1v) is 4.53. The lowest BCUT2D eigenvalue weighted by Gasteiger charge is -1.96. The Morgan fingerprint density at radius 2 is 2.55 bits per heavy atom. The van der Waals surface area contributed by atoms with Gasteiger partial charge in [-0.05, 0) is 11.6 Å². The van der Waals surface area contributed by atoms with Gasteiger partial charge in [0.15, 0.2) is 0 Å². The quantitative estimate of drug-likeness (QED) is 0.515. The van der Waals surface area contributed by atoms with Crippen molar-refractivity contribution < 1.29 is 0 Å². The van der Waals surface area contributed by atoms with Crippen molar-refractivity contribution in [3.63, 3.8) is 0 Å². The molecule has 0 aliphatic heterocycles. The third-order valence-corrected chi connectivity index (χ3v) is 1.93. The molecule has 0 unspecified atom stereocenters. The summed E-state index contributed by atoms with van der Waals surface area (Å²) < 4.78 is 2.96. The zero-order chi connectivity index (χ0) is 7.94. The van der Waals surface area contributed by atoms with Gasteiger partial charge in [-0.25, -0.2) is 0 Å². The number of nitrogens with zero attached hydrogens (tertiary/aromatic N) is 3. The Morgan fingerprint density at radius 3 is 3.18 bits per heavy atom. The van der Waals surface area contributed by atoms with Crippen LogP contribution in [0.4, 0.5) is 5.95 Å². The van der Waals surface area contributed by atoms with Gasteiger partial charge in [0.2, 0.25) is 0 Å². The number of unbranched alkanes of at least 4 members (excludes halogenated alkanes) is 1. The van der Waals surface area contributed by atoms with Crippen LogP contribution in [0.15, 0.2) is 0 Å². The van der Waals surface area contributed by atoms with E-state index in [1.165, 1.54) is 12.8 Å². The number of anilines is 1. The Labute approximate surface area is 69.5 Å². The summed E-state index contributed by atoms with van der Waals surface area (Å²) in [6.45, 7) is 2.16. The molecule has 1 rings (SSSR count). The van der Waals surface area contributed by atoms with Crippen LogP contribution in [0.5, 0.6) is 0 Å². The van der Waals surface area contributed by atoms with Crippen LogP contribution in [0, 0.1) is 0 Å². The van der Waals surface area contributed by atoms with Gasteiger partial charge >= 0.3 is 0 Å². The van der Waals surface area contributed by atoms with Gasteiger partial charge in [-0.3, -0.25) is 4.72 Å². The SMILES string of the molecule is CCCCSNc1nn[nH]n1. The Bertz CT molecular complexity index is 175. The zero-order valence-electron chi connectivity index (χ0n) is 6.37. The van der Waals surface area contributed by atoms with Crippen molar-refractivity contribution in [2.75, 3.05) is 10.5 Å². The normalized spacial score (nSPS) is 9.91. The Hall–Kier alpha value is -0.780. The molecule has 1 aromatic heterocycles. The minimum Gasteiger partial charge on any atom is -0.296 e. The number of hydrogen-bond donors (Lipinski definition) is 2. The third-order valence-electron chi connectivity index (χ3n) is 1.11. The fourth-order valence-electron chi connectivity index (χ4n) is 0.537. The fourth-order valence-corrected chi connectivity index (χ4v) is 1.29. The first-order chi connectivity index (χ1) is 5.43. The van der Waals surface area contributed by atoms with Gasteiger partial charge < -0.3 is 0 Å². The molecule has 2 N–H and O–H groups in total. The Morgan fingerprint density at radius 1 is 1.64 bits per heavy atom. The van der Waals surface area contributed by atoms with Crippen LogP contribution < -0.4 is 4.72 Å². The number of aromatic amines is 1. The minimum absolute atomic E-state index is 0.547. The van der Waals surface area contributed by atoms with Gasteiger partial charge in [0.25, 0.3) is 5.95 Å². The highest BCUT2D eigenvalue weighted by atomic mass is 32.2. The van der Waals surface area contributed by atoms with E-state index >= 15 is 0 Å². The summed E-state index contributed by atoms with van der Waals surface area (Å²) in [6.07, 6.45) is 2.41. The summed E-state index contributed by atoms with van der Waals surface area (Å²) in [5, 5.41) is 13.2. The van der Waals surface area contributed by atoms with Gasteiger partial charge in [-0.15, -0.1) is 5.10 Å².